The number of carbonyl (C=O) groups is 1. The van der Waals surface area contributed by atoms with Crippen LogP contribution in [0, 0.1) is 10.1 Å². The molecule has 1 N–H and O–H groups in total. The van der Waals surface area contributed by atoms with Crippen molar-refractivity contribution in [3.8, 4) is 0 Å². The maximum absolute atomic E-state index is 12.2. The number of rotatable bonds is 5. The molecule has 114 valence electrons. The molecule has 22 heavy (non-hydrogen) atoms. The van der Waals surface area contributed by atoms with Gasteiger partial charge in [0, 0.05) is 15.4 Å². The standard InChI is InChI=1S/C15H13BrN2O3S/c1-10(22-12-8-6-11(16)7-9-12)15(19)17-13-4-2-3-5-14(13)18(20)21/h2-10H,1H3,(H,17,19). The Hall–Kier alpha value is -1.86. The topological polar surface area (TPSA) is 72.2 Å². The van der Waals surface area contributed by atoms with Crippen LogP contribution in [-0.2, 0) is 4.79 Å². The van der Waals surface area contributed by atoms with Gasteiger partial charge in [-0.05, 0) is 37.3 Å². The summed E-state index contributed by atoms with van der Waals surface area (Å²) in [5.41, 5.74) is 0.0949. The number of hydrogen-bond donors (Lipinski definition) is 1. The summed E-state index contributed by atoms with van der Waals surface area (Å²) in [5.74, 6) is -0.276. The number of anilines is 1. The van der Waals surface area contributed by atoms with E-state index in [2.05, 4.69) is 21.2 Å². The number of amides is 1. The fraction of sp³-hybridized carbons (Fsp3) is 0.133. The highest BCUT2D eigenvalue weighted by atomic mass is 79.9. The zero-order valence-corrected chi connectivity index (χ0v) is 14.1. The summed E-state index contributed by atoms with van der Waals surface area (Å²) in [4.78, 5) is 23.6. The van der Waals surface area contributed by atoms with Crippen LogP contribution in [0.1, 0.15) is 6.92 Å². The van der Waals surface area contributed by atoms with Crippen molar-refractivity contribution in [1.82, 2.24) is 0 Å². The maximum atomic E-state index is 12.2. The fourth-order valence-corrected chi connectivity index (χ4v) is 2.88. The SMILES string of the molecule is CC(Sc1ccc(Br)cc1)C(=O)Nc1ccccc1[N+](=O)[O-]. The number of para-hydroxylation sites is 2. The predicted molar refractivity (Wildman–Crippen MR) is 91.2 cm³/mol. The van der Waals surface area contributed by atoms with Crippen LogP contribution in [0.3, 0.4) is 0 Å². The van der Waals surface area contributed by atoms with Gasteiger partial charge in [-0.25, -0.2) is 0 Å². The molecule has 2 aromatic carbocycles. The highest BCUT2D eigenvalue weighted by Gasteiger charge is 2.19. The van der Waals surface area contributed by atoms with Crippen LogP contribution in [0.5, 0.6) is 0 Å². The van der Waals surface area contributed by atoms with E-state index >= 15 is 0 Å². The summed E-state index contributed by atoms with van der Waals surface area (Å²) >= 11 is 4.75. The van der Waals surface area contributed by atoms with Crippen LogP contribution >= 0.6 is 27.7 Å². The minimum atomic E-state index is -0.512. The van der Waals surface area contributed by atoms with Crippen LogP contribution in [0.2, 0.25) is 0 Å². The number of benzene rings is 2. The molecule has 0 aliphatic heterocycles. The Kier molecular flexibility index (Phi) is 5.57. The molecule has 0 aromatic heterocycles. The molecule has 0 bridgehead atoms. The lowest BCUT2D eigenvalue weighted by molar-refractivity contribution is -0.383. The molecule has 0 saturated carbocycles. The Morgan fingerprint density at radius 1 is 1.23 bits per heavy atom. The lowest BCUT2D eigenvalue weighted by Crippen LogP contribution is -2.22. The second kappa shape index (κ2) is 7.42. The van der Waals surface area contributed by atoms with Crippen molar-refractivity contribution in [1.29, 1.82) is 0 Å². The maximum Gasteiger partial charge on any atom is 0.292 e. The van der Waals surface area contributed by atoms with E-state index in [1.807, 2.05) is 24.3 Å². The fourth-order valence-electron chi connectivity index (χ4n) is 1.74. The van der Waals surface area contributed by atoms with E-state index in [0.717, 1.165) is 9.37 Å². The molecule has 2 aromatic rings. The molecule has 0 aliphatic carbocycles. The Bertz CT molecular complexity index is 691. The number of hydrogen-bond acceptors (Lipinski definition) is 4. The minimum absolute atomic E-state index is 0.114. The van der Waals surface area contributed by atoms with Gasteiger partial charge in [0.2, 0.25) is 5.91 Å². The first-order valence-electron chi connectivity index (χ1n) is 6.44. The predicted octanol–water partition coefficient (Wildman–Crippen LogP) is 4.48. The van der Waals surface area contributed by atoms with E-state index in [-0.39, 0.29) is 22.5 Å². The molecule has 1 amide bonds. The number of nitrogens with one attached hydrogen (secondary N) is 1. The van der Waals surface area contributed by atoms with Gasteiger partial charge in [0.1, 0.15) is 5.69 Å². The highest BCUT2D eigenvalue weighted by molar-refractivity contribution is 9.10. The molecular formula is C15H13BrN2O3S. The van der Waals surface area contributed by atoms with Crippen molar-refractivity contribution >= 4 is 45.0 Å². The minimum Gasteiger partial charge on any atom is -0.319 e. The van der Waals surface area contributed by atoms with Crippen molar-refractivity contribution in [2.24, 2.45) is 0 Å². The second-order valence-electron chi connectivity index (χ2n) is 4.48. The first-order valence-corrected chi connectivity index (χ1v) is 8.11. The quantitative estimate of drug-likeness (QED) is 0.471. The molecule has 0 spiro atoms. The summed E-state index contributed by atoms with van der Waals surface area (Å²) in [6, 6.07) is 13.7. The van der Waals surface area contributed by atoms with Gasteiger partial charge in [0.25, 0.3) is 5.69 Å². The Morgan fingerprint density at radius 2 is 1.86 bits per heavy atom. The molecule has 0 aliphatic rings. The third-order valence-corrected chi connectivity index (χ3v) is 4.49. The zero-order chi connectivity index (χ0) is 16.1. The Balaban J connectivity index is 2.05. The van der Waals surface area contributed by atoms with Gasteiger partial charge in [0.05, 0.1) is 10.2 Å². The van der Waals surface area contributed by atoms with E-state index in [0.29, 0.717) is 0 Å². The number of nitro groups is 1. The molecular weight excluding hydrogens is 368 g/mol. The lowest BCUT2D eigenvalue weighted by Gasteiger charge is -2.12. The molecule has 0 heterocycles. The summed E-state index contributed by atoms with van der Waals surface area (Å²) in [5, 5.41) is 13.2. The van der Waals surface area contributed by atoms with Crippen molar-refractivity contribution in [3.63, 3.8) is 0 Å². The Labute approximate surface area is 140 Å². The molecule has 1 unspecified atom stereocenters. The first-order chi connectivity index (χ1) is 10.5. The molecule has 5 nitrogen and oxygen atoms in total. The average Bonchev–Trinajstić information content (AvgIpc) is 2.49. The van der Waals surface area contributed by atoms with Crippen LogP contribution in [0.25, 0.3) is 0 Å². The number of thioether (sulfide) groups is 1. The summed E-state index contributed by atoms with van der Waals surface area (Å²) in [6.07, 6.45) is 0. The lowest BCUT2D eigenvalue weighted by atomic mass is 10.2. The van der Waals surface area contributed by atoms with Gasteiger partial charge in [0.15, 0.2) is 0 Å². The zero-order valence-electron chi connectivity index (χ0n) is 11.7. The summed E-state index contributed by atoms with van der Waals surface area (Å²) < 4.78 is 0.967. The van der Waals surface area contributed by atoms with E-state index in [9.17, 15) is 14.9 Å². The van der Waals surface area contributed by atoms with Gasteiger partial charge in [-0.15, -0.1) is 11.8 Å². The summed E-state index contributed by atoms with van der Waals surface area (Å²) in [6.45, 7) is 1.76. The van der Waals surface area contributed by atoms with Crippen LogP contribution in [0.15, 0.2) is 57.9 Å². The van der Waals surface area contributed by atoms with E-state index in [4.69, 9.17) is 0 Å². The van der Waals surface area contributed by atoms with Gasteiger partial charge in [-0.3, -0.25) is 14.9 Å². The van der Waals surface area contributed by atoms with Crippen molar-refractivity contribution < 1.29 is 9.72 Å². The number of carbonyl (C=O) groups excluding carboxylic acids is 1. The summed E-state index contributed by atoms with van der Waals surface area (Å²) in [7, 11) is 0. The molecule has 1 atom stereocenters. The van der Waals surface area contributed by atoms with Crippen LogP contribution in [-0.4, -0.2) is 16.1 Å². The molecule has 7 heteroatoms. The van der Waals surface area contributed by atoms with Crippen LogP contribution in [0.4, 0.5) is 11.4 Å². The van der Waals surface area contributed by atoms with Gasteiger partial charge < -0.3 is 5.32 Å². The van der Waals surface area contributed by atoms with Gasteiger partial charge in [-0.1, -0.05) is 28.1 Å². The van der Waals surface area contributed by atoms with Gasteiger partial charge >= 0.3 is 0 Å². The third kappa shape index (κ3) is 4.32. The monoisotopic (exact) mass is 380 g/mol. The van der Waals surface area contributed by atoms with E-state index in [1.165, 1.54) is 23.9 Å². The Morgan fingerprint density at radius 3 is 2.50 bits per heavy atom. The highest BCUT2D eigenvalue weighted by Crippen LogP contribution is 2.28. The average molecular weight is 381 g/mol. The second-order valence-corrected chi connectivity index (χ2v) is 6.81. The third-order valence-electron chi connectivity index (χ3n) is 2.85. The van der Waals surface area contributed by atoms with E-state index < -0.39 is 4.92 Å². The molecule has 0 fully saturated rings. The molecule has 2 rings (SSSR count). The number of nitro benzene ring substituents is 1. The molecule has 0 saturated heterocycles. The largest absolute Gasteiger partial charge is 0.319 e. The van der Waals surface area contributed by atoms with E-state index in [1.54, 1.807) is 19.1 Å². The van der Waals surface area contributed by atoms with Gasteiger partial charge in [-0.2, -0.15) is 0 Å². The van der Waals surface area contributed by atoms with Crippen molar-refractivity contribution in [2.45, 2.75) is 17.1 Å². The first kappa shape index (κ1) is 16.5. The normalized spacial score (nSPS) is 11.7. The van der Waals surface area contributed by atoms with Crippen molar-refractivity contribution in [2.75, 3.05) is 5.32 Å². The smallest absolute Gasteiger partial charge is 0.292 e. The van der Waals surface area contributed by atoms with Crippen LogP contribution < -0.4 is 5.32 Å². The van der Waals surface area contributed by atoms with Crippen molar-refractivity contribution in [3.05, 3.63) is 63.1 Å². The number of nitrogens with zero attached hydrogens (tertiary/aromatic N) is 1. The molecule has 0 radical (unpaired) electrons. The number of halogens is 1.